The van der Waals surface area contributed by atoms with Gasteiger partial charge in [0.1, 0.15) is 0 Å². The van der Waals surface area contributed by atoms with Gasteiger partial charge in [-0.3, -0.25) is 4.79 Å². The van der Waals surface area contributed by atoms with Crippen molar-refractivity contribution in [1.29, 1.82) is 0 Å². The van der Waals surface area contributed by atoms with E-state index in [0.29, 0.717) is 5.92 Å². The molecule has 0 saturated carbocycles. The van der Waals surface area contributed by atoms with Gasteiger partial charge in [-0.1, -0.05) is 38.5 Å². The fourth-order valence-electron chi connectivity index (χ4n) is 2.62. The van der Waals surface area contributed by atoms with Crippen molar-refractivity contribution in [2.75, 3.05) is 0 Å². The number of hydrogen-bond donors (Lipinski definition) is 0. The van der Waals surface area contributed by atoms with Crippen LogP contribution in [0, 0.1) is 17.3 Å². The number of ketones is 1. The minimum absolute atomic E-state index is 0.00819. The molecule has 0 bridgehead atoms. The quantitative estimate of drug-likeness (QED) is 0.496. The molecule has 0 unspecified atom stereocenters. The molecule has 1 rings (SSSR count). The van der Waals surface area contributed by atoms with E-state index in [0.717, 1.165) is 6.42 Å². The van der Waals surface area contributed by atoms with Gasteiger partial charge in [0.2, 0.25) is 0 Å². The minimum Gasteiger partial charge on any atom is -0.295 e. The SMILES string of the molecule is CC=CC(=O)[C@H]1[C@@H](C)CC=C(C)C1(C)C. The van der Waals surface area contributed by atoms with Crippen LogP contribution in [-0.2, 0) is 4.79 Å². The van der Waals surface area contributed by atoms with Crippen molar-refractivity contribution in [3.63, 3.8) is 0 Å². The van der Waals surface area contributed by atoms with Gasteiger partial charge in [0.15, 0.2) is 5.78 Å². The zero-order valence-electron chi connectivity index (χ0n) is 10.5. The van der Waals surface area contributed by atoms with E-state index in [1.165, 1.54) is 5.57 Å². The highest BCUT2D eigenvalue weighted by Crippen LogP contribution is 2.44. The Kier molecular flexibility index (Phi) is 3.54. The smallest absolute Gasteiger partial charge is 0.159 e. The molecular formula is C14H22O. The van der Waals surface area contributed by atoms with Crippen LogP contribution < -0.4 is 0 Å². The van der Waals surface area contributed by atoms with E-state index in [2.05, 4.69) is 33.8 Å². The van der Waals surface area contributed by atoms with Gasteiger partial charge >= 0.3 is 0 Å². The fraction of sp³-hybridized carbons (Fsp3) is 0.643. The average molecular weight is 206 g/mol. The lowest BCUT2D eigenvalue weighted by molar-refractivity contribution is -0.123. The summed E-state index contributed by atoms with van der Waals surface area (Å²) >= 11 is 0. The third kappa shape index (κ3) is 2.22. The van der Waals surface area contributed by atoms with Gasteiger partial charge in [-0.25, -0.2) is 0 Å². The molecule has 1 heteroatoms. The van der Waals surface area contributed by atoms with Crippen LogP contribution in [-0.4, -0.2) is 5.78 Å². The molecule has 0 N–H and O–H groups in total. The monoisotopic (exact) mass is 206 g/mol. The van der Waals surface area contributed by atoms with Crippen LogP contribution in [0.2, 0.25) is 0 Å². The molecule has 1 aliphatic carbocycles. The Bertz CT molecular complexity index is 307. The zero-order chi connectivity index (χ0) is 11.6. The lowest BCUT2D eigenvalue weighted by atomic mass is 9.62. The van der Waals surface area contributed by atoms with Crippen LogP contribution in [0.1, 0.15) is 41.0 Å². The highest BCUT2D eigenvalue weighted by Gasteiger charge is 2.40. The van der Waals surface area contributed by atoms with Crippen molar-refractivity contribution in [2.45, 2.75) is 41.0 Å². The molecule has 0 aromatic carbocycles. The molecule has 0 saturated heterocycles. The molecule has 1 nitrogen and oxygen atoms in total. The van der Waals surface area contributed by atoms with Gasteiger partial charge in [0.25, 0.3) is 0 Å². The van der Waals surface area contributed by atoms with Crippen molar-refractivity contribution in [3.05, 3.63) is 23.8 Å². The van der Waals surface area contributed by atoms with Crippen molar-refractivity contribution < 1.29 is 4.79 Å². The number of carbonyl (C=O) groups is 1. The number of carbonyl (C=O) groups excluding carboxylic acids is 1. The van der Waals surface area contributed by atoms with E-state index >= 15 is 0 Å². The fourth-order valence-corrected chi connectivity index (χ4v) is 2.62. The van der Waals surface area contributed by atoms with E-state index in [9.17, 15) is 4.79 Å². The summed E-state index contributed by atoms with van der Waals surface area (Å²) in [4.78, 5) is 12.1. The molecule has 0 aliphatic heterocycles. The van der Waals surface area contributed by atoms with Crippen LogP contribution in [0.5, 0.6) is 0 Å². The molecule has 0 aromatic heterocycles. The van der Waals surface area contributed by atoms with Gasteiger partial charge in [0, 0.05) is 5.92 Å². The van der Waals surface area contributed by atoms with E-state index in [4.69, 9.17) is 0 Å². The molecule has 0 aromatic rings. The standard InChI is InChI=1S/C14H22O/c1-6-7-12(15)13-10(2)8-9-11(3)14(13,4)5/h6-7,9-10,13H,8H2,1-5H3/t10-,13+/m0/s1. The van der Waals surface area contributed by atoms with Gasteiger partial charge < -0.3 is 0 Å². The second kappa shape index (κ2) is 4.34. The Morgan fingerprint density at radius 3 is 2.67 bits per heavy atom. The van der Waals surface area contributed by atoms with Crippen LogP contribution in [0.4, 0.5) is 0 Å². The van der Waals surface area contributed by atoms with Crippen molar-refractivity contribution in [1.82, 2.24) is 0 Å². The summed E-state index contributed by atoms with van der Waals surface area (Å²) in [6.45, 7) is 10.6. The predicted molar refractivity (Wildman–Crippen MR) is 64.6 cm³/mol. The first-order chi connectivity index (χ1) is 6.91. The highest BCUT2D eigenvalue weighted by molar-refractivity contribution is 5.92. The topological polar surface area (TPSA) is 17.1 Å². The maximum absolute atomic E-state index is 12.1. The predicted octanol–water partition coefficient (Wildman–Crippen LogP) is 3.76. The first-order valence-corrected chi connectivity index (χ1v) is 5.75. The second-order valence-corrected chi connectivity index (χ2v) is 5.20. The van der Waals surface area contributed by atoms with Gasteiger partial charge in [0.05, 0.1) is 0 Å². The van der Waals surface area contributed by atoms with E-state index in [1.54, 1.807) is 6.08 Å². The molecule has 0 amide bonds. The molecule has 0 heterocycles. The van der Waals surface area contributed by atoms with Crippen molar-refractivity contribution in [3.8, 4) is 0 Å². The number of allylic oxidation sites excluding steroid dienone is 4. The molecule has 2 atom stereocenters. The van der Waals surface area contributed by atoms with Gasteiger partial charge in [-0.2, -0.15) is 0 Å². The summed E-state index contributed by atoms with van der Waals surface area (Å²) < 4.78 is 0. The Labute approximate surface area is 93.3 Å². The first kappa shape index (κ1) is 12.2. The Morgan fingerprint density at radius 1 is 1.53 bits per heavy atom. The summed E-state index contributed by atoms with van der Waals surface area (Å²) in [7, 11) is 0. The summed E-state index contributed by atoms with van der Waals surface area (Å²) in [6.07, 6.45) is 6.88. The molecule has 84 valence electrons. The van der Waals surface area contributed by atoms with Gasteiger partial charge in [-0.05, 0) is 37.7 Å². The summed E-state index contributed by atoms with van der Waals surface area (Å²) in [5, 5.41) is 0. The summed E-state index contributed by atoms with van der Waals surface area (Å²) in [6, 6.07) is 0. The Morgan fingerprint density at radius 2 is 2.13 bits per heavy atom. The summed E-state index contributed by atoms with van der Waals surface area (Å²) in [5.74, 6) is 0.869. The third-order valence-electron chi connectivity index (χ3n) is 3.80. The van der Waals surface area contributed by atoms with Crippen LogP contribution >= 0.6 is 0 Å². The number of rotatable bonds is 2. The maximum atomic E-state index is 12.1. The lowest BCUT2D eigenvalue weighted by Gasteiger charge is -2.41. The molecular weight excluding hydrogens is 184 g/mol. The first-order valence-electron chi connectivity index (χ1n) is 5.75. The Hall–Kier alpha value is -0.850. The average Bonchev–Trinajstić information content (AvgIpc) is 2.12. The lowest BCUT2D eigenvalue weighted by Crippen LogP contribution is -2.38. The normalized spacial score (nSPS) is 30.3. The van der Waals surface area contributed by atoms with Crippen LogP contribution in [0.3, 0.4) is 0 Å². The highest BCUT2D eigenvalue weighted by atomic mass is 16.1. The van der Waals surface area contributed by atoms with Gasteiger partial charge in [-0.15, -0.1) is 0 Å². The molecule has 0 radical (unpaired) electrons. The van der Waals surface area contributed by atoms with Crippen molar-refractivity contribution >= 4 is 5.78 Å². The molecule has 1 aliphatic rings. The summed E-state index contributed by atoms with van der Waals surface area (Å²) in [5.41, 5.74) is 1.36. The van der Waals surface area contributed by atoms with E-state index in [1.807, 2.05) is 13.0 Å². The molecule has 0 fully saturated rings. The van der Waals surface area contributed by atoms with Crippen molar-refractivity contribution in [2.24, 2.45) is 17.3 Å². The van der Waals surface area contributed by atoms with E-state index < -0.39 is 0 Å². The second-order valence-electron chi connectivity index (χ2n) is 5.20. The van der Waals surface area contributed by atoms with E-state index in [-0.39, 0.29) is 17.1 Å². The van der Waals surface area contributed by atoms with Crippen LogP contribution in [0.25, 0.3) is 0 Å². The largest absolute Gasteiger partial charge is 0.295 e. The zero-order valence-corrected chi connectivity index (χ0v) is 10.5. The number of hydrogen-bond acceptors (Lipinski definition) is 1. The Balaban J connectivity index is 3.05. The third-order valence-corrected chi connectivity index (χ3v) is 3.80. The molecule has 0 spiro atoms. The maximum Gasteiger partial charge on any atom is 0.159 e. The molecule has 15 heavy (non-hydrogen) atoms. The van der Waals surface area contributed by atoms with Crippen LogP contribution in [0.15, 0.2) is 23.8 Å². The minimum atomic E-state index is 0.00819.